The summed E-state index contributed by atoms with van der Waals surface area (Å²) < 4.78 is 0. The lowest BCUT2D eigenvalue weighted by atomic mass is 9.89. The standard InChI is InChI=1S/C16H19N/c1-12(2)10-14-15(3,4)16(14,11-17)13-8-6-5-7-9-13/h5-10,14H,1-4H3. The van der Waals surface area contributed by atoms with Crippen LogP contribution in [-0.2, 0) is 5.41 Å². The summed E-state index contributed by atoms with van der Waals surface area (Å²) in [6, 6.07) is 12.7. The second kappa shape index (κ2) is 3.74. The van der Waals surface area contributed by atoms with Gasteiger partial charge in [0.05, 0.1) is 11.5 Å². The zero-order valence-corrected chi connectivity index (χ0v) is 11.0. The van der Waals surface area contributed by atoms with Crippen LogP contribution in [0.2, 0.25) is 0 Å². The molecule has 2 rings (SSSR count). The van der Waals surface area contributed by atoms with E-state index in [2.05, 4.69) is 52.0 Å². The monoisotopic (exact) mass is 225 g/mol. The molecule has 0 aromatic heterocycles. The maximum absolute atomic E-state index is 9.65. The Morgan fingerprint density at radius 1 is 1.24 bits per heavy atom. The van der Waals surface area contributed by atoms with Crippen molar-refractivity contribution in [1.82, 2.24) is 0 Å². The lowest BCUT2D eigenvalue weighted by molar-refractivity contribution is 0.558. The van der Waals surface area contributed by atoms with E-state index in [9.17, 15) is 5.26 Å². The summed E-state index contributed by atoms with van der Waals surface area (Å²) in [5.41, 5.74) is 2.12. The third-order valence-corrected chi connectivity index (χ3v) is 4.08. The fourth-order valence-corrected chi connectivity index (χ4v) is 3.00. The van der Waals surface area contributed by atoms with Gasteiger partial charge in [0.25, 0.3) is 0 Å². The van der Waals surface area contributed by atoms with E-state index < -0.39 is 0 Å². The minimum Gasteiger partial charge on any atom is -0.197 e. The summed E-state index contributed by atoms with van der Waals surface area (Å²) in [6.07, 6.45) is 2.25. The van der Waals surface area contributed by atoms with Crippen LogP contribution in [0.15, 0.2) is 42.0 Å². The zero-order valence-electron chi connectivity index (χ0n) is 11.0. The number of hydrogen-bond donors (Lipinski definition) is 0. The van der Waals surface area contributed by atoms with E-state index in [4.69, 9.17) is 0 Å². The summed E-state index contributed by atoms with van der Waals surface area (Å²) in [6.45, 7) is 8.57. The van der Waals surface area contributed by atoms with Gasteiger partial charge in [-0.25, -0.2) is 0 Å². The van der Waals surface area contributed by atoms with Crippen LogP contribution in [0.4, 0.5) is 0 Å². The molecule has 1 aromatic rings. The Labute approximate surface area is 104 Å². The summed E-state index contributed by atoms with van der Waals surface area (Å²) in [4.78, 5) is 0. The number of rotatable bonds is 2. The van der Waals surface area contributed by atoms with Gasteiger partial charge in [0, 0.05) is 5.92 Å². The Bertz CT molecular complexity index is 486. The van der Waals surface area contributed by atoms with E-state index >= 15 is 0 Å². The van der Waals surface area contributed by atoms with Crippen LogP contribution in [0, 0.1) is 22.7 Å². The molecule has 0 amide bonds. The van der Waals surface area contributed by atoms with Crippen LogP contribution < -0.4 is 0 Å². The van der Waals surface area contributed by atoms with Crippen molar-refractivity contribution in [3.8, 4) is 6.07 Å². The highest BCUT2D eigenvalue weighted by atomic mass is 14.7. The van der Waals surface area contributed by atoms with Gasteiger partial charge >= 0.3 is 0 Å². The minimum absolute atomic E-state index is 0.0281. The van der Waals surface area contributed by atoms with E-state index in [-0.39, 0.29) is 10.8 Å². The minimum atomic E-state index is -0.342. The van der Waals surface area contributed by atoms with Crippen molar-refractivity contribution < 1.29 is 0 Å². The van der Waals surface area contributed by atoms with Crippen molar-refractivity contribution in [2.75, 3.05) is 0 Å². The van der Waals surface area contributed by atoms with Crippen LogP contribution in [0.5, 0.6) is 0 Å². The van der Waals surface area contributed by atoms with Crippen molar-refractivity contribution in [3.05, 3.63) is 47.5 Å². The van der Waals surface area contributed by atoms with Gasteiger partial charge in [0.1, 0.15) is 0 Å². The van der Waals surface area contributed by atoms with Gasteiger partial charge in [-0.05, 0) is 24.8 Å². The van der Waals surface area contributed by atoms with Gasteiger partial charge in [-0.2, -0.15) is 5.26 Å². The van der Waals surface area contributed by atoms with Crippen molar-refractivity contribution in [1.29, 1.82) is 5.26 Å². The fourth-order valence-electron chi connectivity index (χ4n) is 3.00. The summed E-state index contributed by atoms with van der Waals surface area (Å²) in [5, 5.41) is 9.65. The molecule has 0 bridgehead atoms. The van der Waals surface area contributed by atoms with Crippen LogP contribution in [0.1, 0.15) is 33.3 Å². The Kier molecular flexibility index (Phi) is 2.62. The molecule has 1 fully saturated rings. The van der Waals surface area contributed by atoms with Crippen LogP contribution in [0.25, 0.3) is 0 Å². The van der Waals surface area contributed by atoms with Gasteiger partial charge in [-0.3, -0.25) is 0 Å². The summed E-state index contributed by atoms with van der Waals surface area (Å²) >= 11 is 0. The topological polar surface area (TPSA) is 23.8 Å². The highest BCUT2D eigenvalue weighted by Crippen LogP contribution is 2.69. The van der Waals surface area contributed by atoms with Gasteiger partial charge in [-0.1, -0.05) is 55.8 Å². The van der Waals surface area contributed by atoms with E-state index in [1.54, 1.807) is 0 Å². The number of allylic oxidation sites excluding steroid dienone is 2. The first-order valence-electron chi connectivity index (χ1n) is 6.08. The number of benzene rings is 1. The molecule has 0 aliphatic heterocycles. The molecular weight excluding hydrogens is 206 g/mol. The molecule has 2 unspecified atom stereocenters. The third-order valence-electron chi connectivity index (χ3n) is 4.08. The molecule has 88 valence electrons. The fraction of sp³-hybridized carbons (Fsp3) is 0.438. The van der Waals surface area contributed by atoms with E-state index in [1.807, 2.05) is 18.2 Å². The predicted molar refractivity (Wildman–Crippen MR) is 70.4 cm³/mol. The van der Waals surface area contributed by atoms with Crippen LogP contribution in [0.3, 0.4) is 0 Å². The quantitative estimate of drug-likeness (QED) is 0.696. The molecule has 1 aliphatic carbocycles. The molecule has 17 heavy (non-hydrogen) atoms. The smallest absolute Gasteiger partial charge is 0.0947 e. The average molecular weight is 225 g/mol. The maximum Gasteiger partial charge on any atom is 0.0947 e. The lowest BCUT2D eigenvalue weighted by Crippen LogP contribution is -2.11. The highest BCUT2D eigenvalue weighted by Gasteiger charge is 2.71. The molecule has 2 atom stereocenters. The first-order valence-corrected chi connectivity index (χ1v) is 6.08. The molecule has 1 saturated carbocycles. The van der Waals surface area contributed by atoms with E-state index in [0.717, 1.165) is 5.56 Å². The largest absolute Gasteiger partial charge is 0.197 e. The summed E-state index contributed by atoms with van der Waals surface area (Å²) in [7, 11) is 0. The second-order valence-corrected chi connectivity index (χ2v) is 5.73. The first-order chi connectivity index (χ1) is 7.96. The second-order valence-electron chi connectivity index (χ2n) is 5.73. The van der Waals surface area contributed by atoms with Gasteiger partial charge in [0.15, 0.2) is 0 Å². The molecule has 1 aromatic carbocycles. The molecule has 0 heterocycles. The van der Waals surface area contributed by atoms with Gasteiger partial charge in [-0.15, -0.1) is 0 Å². The van der Waals surface area contributed by atoms with Crippen molar-refractivity contribution in [2.45, 2.75) is 33.1 Å². The van der Waals surface area contributed by atoms with Crippen molar-refractivity contribution in [2.24, 2.45) is 11.3 Å². The first kappa shape index (κ1) is 11.9. The lowest BCUT2D eigenvalue weighted by Gasteiger charge is -2.11. The normalized spacial score (nSPS) is 29.2. The number of nitrogens with zero attached hydrogens (tertiary/aromatic N) is 1. The number of nitriles is 1. The zero-order chi connectivity index (χ0) is 12.7. The molecule has 0 spiro atoms. The Balaban J connectivity index is 2.50. The molecule has 0 radical (unpaired) electrons. The molecule has 1 nitrogen and oxygen atoms in total. The van der Waals surface area contributed by atoms with Crippen LogP contribution >= 0.6 is 0 Å². The van der Waals surface area contributed by atoms with E-state index in [1.165, 1.54) is 5.57 Å². The molecule has 1 aliphatic rings. The third kappa shape index (κ3) is 1.52. The SMILES string of the molecule is CC(C)=CC1C(C)(C)C1(C#N)c1ccccc1. The highest BCUT2D eigenvalue weighted by molar-refractivity contribution is 5.50. The van der Waals surface area contributed by atoms with Gasteiger partial charge in [0.2, 0.25) is 0 Å². The molecule has 0 N–H and O–H groups in total. The Hall–Kier alpha value is -1.55. The van der Waals surface area contributed by atoms with Gasteiger partial charge < -0.3 is 0 Å². The van der Waals surface area contributed by atoms with E-state index in [0.29, 0.717) is 5.92 Å². The molecular formula is C16H19N. The average Bonchev–Trinajstić information content (AvgIpc) is 2.76. The van der Waals surface area contributed by atoms with Crippen LogP contribution in [-0.4, -0.2) is 0 Å². The Morgan fingerprint density at radius 3 is 2.29 bits per heavy atom. The summed E-state index contributed by atoms with van der Waals surface area (Å²) in [5.74, 6) is 0.326. The number of hydrogen-bond acceptors (Lipinski definition) is 1. The molecule has 0 saturated heterocycles. The van der Waals surface area contributed by atoms with Crippen molar-refractivity contribution in [3.63, 3.8) is 0 Å². The molecule has 1 heteroatoms. The van der Waals surface area contributed by atoms with Crippen molar-refractivity contribution >= 4 is 0 Å². The predicted octanol–water partition coefficient (Wildman–Crippen LogP) is 4.07. The Morgan fingerprint density at radius 2 is 1.82 bits per heavy atom. The maximum atomic E-state index is 9.65.